The van der Waals surface area contributed by atoms with Crippen molar-refractivity contribution in [3.63, 3.8) is 0 Å². The molecule has 2 aromatic rings. The predicted octanol–water partition coefficient (Wildman–Crippen LogP) is 2.76. The van der Waals surface area contributed by atoms with E-state index in [-0.39, 0.29) is 18.2 Å². The second kappa shape index (κ2) is 6.84. The summed E-state index contributed by atoms with van der Waals surface area (Å²) in [5, 5.41) is 3.12. The van der Waals surface area contributed by atoms with E-state index in [2.05, 4.69) is 5.32 Å². The number of para-hydroxylation sites is 1. The van der Waals surface area contributed by atoms with Crippen LogP contribution in [0.2, 0.25) is 0 Å². The van der Waals surface area contributed by atoms with Crippen molar-refractivity contribution in [2.75, 3.05) is 24.4 Å². The average Bonchev–Trinajstić information content (AvgIpc) is 2.89. The van der Waals surface area contributed by atoms with Gasteiger partial charge in [0.25, 0.3) is 5.91 Å². The smallest absolute Gasteiger partial charge is 0.256 e. The molecule has 25 heavy (non-hydrogen) atoms. The molecule has 1 aliphatic rings. The van der Waals surface area contributed by atoms with E-state index in [1.165, 1.54) is 4.90 Å². The van der Waals surface area contributed by atoms with E-state index >= 15 is 0 Å². The fourth-order valence-corrected chi connectivity index (χ4v) is 2.92. The Bertz CT molecular complexity index is 819. The first-order valence-corrected chi connectivity index (χ1v) is 7.96. The molecule has 2 amide bonds. The average molecular weight is 340 g/mol. The highest BCUT2D eigenvalue weighted by atomic mass is 16.5. The summed E-state index contributed by atoms with van der Waals surface area (Å²) in [6, 6.07) is 12.0. The van der Waals surface area contributed by atoms with E-state index in [0.717, 1.165) is 5.56 Å². The number of imide groups is 1. The summed E-state index contributed by atoms with van der Waals surface area (Å²) >= 11 is 0. The van der Waals surface area contributed by atoms with Gasteiger partial charge >= 0.3 is 0 Å². The fourth-order valence-electron chi connectivity index (χ4n) is 2.92. The van der Waals surface area contributed by atoms with E-state index in [9.17, 15) is 9.59 Å². The number of nitrogens with zero attached hydrogens (tertiary/aromatic N) is 1. The normalized spacial score (nSPS) is 16.9. The molecular weight excluding hydrogens is 320 g/mol. The molecule has 1 fully saturated rings. The van der Waals surface area contributed by atoms with Crippen LogP contribution in [-0.2, 0) is 9.59 Å². The van der Waals surface area contributed by atoms with Gasteiger partial charge in [-0.15, -0.1) is 0 Å². The summed E-state index contributed by atoms with van der Waals surface area (Å²) < 4.78 is 10.5. The zero-order valence-electron chi connectivity index (χ0n) is 14.4. The van der Waals surface area contributed by atoms with Crippen LogP contribution in [0.25, 0.3) is 0 Å². The minimum absolute atomic E-state index is 0.0996. The Hall–Kier alpha value is -3.02. The van der Waals surface area contributed by atoms with Gasteiger partial charge in [0.2, 0.25) is 5.91 Å². The lowest BCUT2D eigenvalue weighted by molar-refractivity contribution is -0.121. The predicted molar refractivity (Wildman–Crippen MR) is 95.2 cm³/mol. The quantitative estimate of drug-likeness (QED) is 0.848. The molecule has 2 aromatic carbocycles. The van der Waals surface area contributed by atoms with Crippen LogP contribution >= 0.6 is 0 Å². The van der Waals surface area contributed by atoms with Crippen LogP contribution in [0.4, 0.5) is 11.4 Å². The molecule has 1 atom stereocenters. The van der Waals surface area contributed by atoms with Gasteiger partial charge in [-0.25, -0.2) is 4.90 Å². The third-order valence-corrected chi connectivity index (χ3v) is 4.24. The second-order valence-corrected chi connectivity index (χ2v) is 5.82. The Morgan fingerprint density at radius 1 is 1.08 bits per heavy atom. The molecule has 1 aliphatic heterocycles. The number of ether oxygens (including phenoxy) is 2. The van der Waals surface area contributed by atoms with Gasteiger partial charge in [0.15, 0.2) is 0 Å². The van der Waals surface area contributed by atoms with E-state index < -0.39 is 6.04 Å². The Balaban J connectivity index is 1.85. The Morgan fingerprint density at radius 2 is 1.84 bits per heavy atom. The topological polar surface area (TPSA) is 67.9 Å². The van der Waals surface area contributed by atoms with Crippen molar-refractivity contribution >= 4 is 23.2 Å². The number of benzene rings is 2. The lowest BCUT2D eigenvalue weighted by Crippen LogP contribution is -2.35. The molecule has 3 rings (SSSR count). The van der Waals surface area contributed by atoms with Gasteiger partial charge in [0, 0.05) is 6.07 Å². The van der Waals surface area contributed by atoms with Crippen LogP contribution in [0, 0.1) is 6.92 Å². The maximum Gasteiger partial charge on any atom is 0.256 e. The molecule has 1 N–H and O–H groups in total. The van der Waals surface area contributed by atoms with Gasteiger partial charge < -0.3 is 14.8 Å². The van der Waals surface area contributed by atoms with E-state index in [0.29, 0.717) is 22.9 Å². The molecule has 0 saturated carbocycles. The van der Waals surface area contributed by atoms with Gasteiger partial charge in [0.05, 0.1) is 32.0 Å². The zero-order chi connectivity index (χ0) is 18.0. The lowest BCUT2D eigenvalue weighted by Gasteiger charge is -2.19. The van der Waals surface area contributed by atoms with Gasteiger partial charge in [-0.2, -0.15) is 0 Å². The monoisotopic (exact) mass is 340 g/mol. The Labute approximate surface area is 146 Å². The number of amides is 2. The van der Waals surface area contributed by atoms with Gasteiger partial charge in [-0.1, -0.05) is 18.2 Å². The third kappa shape index (κ3) is 3.15. The number of anilines is 2. The van der Waals surface area contributed by atoms with Crippen LogP contribution in [0.1, 0.15) is 12.0 Å². The summed E-state index contributed by atoms with van der Waals surface area (Å²) in [7, 11) is 3.11. The number of carbonyl (C=O) groups is 2. The molecule has 130 valence electrons. The van der Waals surface area contributed by atoms with E-state index in [1.807, 2.05) is 25.1 Å². The molecule has 0 radical (unpaired) electrons. The molecule has 1 saturated heterocycles. The maximum absolute atomic E-state index is 12.8. The Morgan fingerprint density at radius 3 is 2.52 bits per heavy atom. The van der Waals surface area contributed by atoms with E-state index in [4.69, 9.17) is 9.47 Å². The summed E-state index contributed by atoms with van der Waals surface area (Å²) in [6.07, 6.45) is 0.0996. The van der Waals surface area contributed by atoms with Crippen LogP contribution in [-0.4, -0.2) is 32.1 Å². The highest BCUT2D eigenvalue weighted by molar-refractivity contribution is 6.23. The van der Waals surface area contributed by atoms with Crippen molar-refractivity contribution in [3.8, 4) is 11.5 Å². The minimum Gasteiger partial charge on any atom is -0.497 e. The SMILES string of the molecule is COc1ccc(N[C@H]2CC(=O)N(c3ccccc3C)C2=O)c(OC)c1. The highest BCUT2D eigenvalue weighted by Crippen LogP contribution is 2.32. The number of aryl methyl sites for hydroxylation is 1. The highest BCUT2D eigenvalue weighted by Gasteiger charge is 2.40. The number of carbonyl (C=O) groups excluding carboxylic acids is 2. The van der Waals surface area contributed by atoms with Crippen molar-refractivity contribution in [2.45, 2.75) is 19.4 Å². The van der Waals surface area contributed by atoms with Crippen LogP contribution in [0.3, 0.4) is 0 Å². The van der Waals surface area contributed by atoms with Gasteiger partial charge in [-0.05, 0) is 30.7 Å². The summed E-state index contributed by atoms with van der Waals surface area (Å²) in [6.45, 7) is 1.88. The first-order valence-electron chi connectivity index (χ1n) is 7.96. The molecule has 0 aromatic heterocycles. The molecule has 6 nitrogen and oxygen atoms in total. The largest absolute Gasteiger partial charge is 0.497 e. The van der Waals surface area contributed by atoms with Crippen molar-refractivity contribution in [1.82, 2.24) is 0 Å². The van der Waals surface area contributed by atoms with E-state index in [1.54, 1.807) is 38.5 Å². The molecular formula is C19H20N2O4. The zero-order valence-corrected chi connectivity index (χ0v) is 14.4. The van der Waals surface area contributed by atoms with Crippen molar-refractivity contribution < 1.29 is 19.1 Å². The Kier molecular flexibility index (Phi) is 4.61. The van der Waals surface area contributed by atoms with Crippen LogP contribution < -0.4 is 19.7 Å². The molecule has 0 aliphatic carbocycles. The van der Waals surface area contributed by atoms with Crippen LogP contribution in [0.15, 0.2) is 42.5 Å². The minimum atomic E-state index is -0.630. The molecule has 0 bridgehead atoms. The first-order chi connectivity index (χ1) is 12.0. The number of hydrogen-bond donors (Lipinski definition) is 1. The number of methoxy groups -OCH3 is 2. The van der Waals surface area contributed by atoms with Gasteiger partial charge in [0.1, 0.15) is 17.5 Å². The second-order valence-electron chi connectivity index (χ2n) is 5.82. The molecule has 1 heterocycles. The van der Waals surface area contributed by atoms with Crippen molar-refractivity contribution in [2.24, 2.45) is 0 Å². The molecule has 6 heteroatoms. The summed E-state index contributed by atoms with van der Waals surface area (Å²) in [5.74, 6) is 0.716. The fraction of sp³-hybridized carbons (Fsp3) is 0.263. The number of rotatable bonds is 5. The third-order valence-electron chi connectivity index (χ3n) is 4.24. The van der Waals surface area contributed by atoms with Gasteiger partial charge in [-0.3, -0.25) is 9.59 Å². The number of hydrogen-bond acceptors (Lipinski definition) is 5. The lowest BCUT2D eigenvalue weighted by atomic mass is 10.2. The molecule has 0 unspecified atom stereocenters. The molecule has 0 spiro atoms. The number of nitrogens with one attached hydrogen (secondary N) is 1. The standard InChI is InChI=1S/C19H20N2O4/c1-12-6-4-5-7-16(12)21-18(22)11-15(19(21)23)20-14-9-8-13(24-2)10-17(14)25-3/h4-10,15,20H,11H2,1-3H3/t15-/m0/s1. The summed E-state index contributed by atoms with van der Waals surface area (Å²) in [4.78, 5) is 26.4. The maximum atomic E-state index is 12.8. The van der Waals surface area contributed by atoms with Crippen molar-refractivity contribution in [3.05, 3.63) is 48.0 Å². The summed E-state index contributed by atoms with van der Waals surface area (Å²) in [5.41, 5.74) is 2.15. The van der Waals surface area contributed by atoms with Crippen LogP contribution in [0.5, 0.6) is 11.5 Å². The first kappa shape index (κ1) is 16.8. The van der Waals surface area contributed by atoms with Crippen molar-refractivity contribution in [1.29, 1.82) is 0 Å².